The monoisotopic (exact) mass is 297 g/mol. The lowest BCUT2D eigenvalue weighted by Crippen LogP contribution is -2.25. The van der Waals surface area contributed by atoms with Crippen LogP contribution in [0, 0.1) is 5.82 Å². The van der Waals surface area contributed by atoms with E-state index in [-0.39, 0.29) is 23.8 Å². The lowest BCUT2D eigenvalue weighted by molar-refractivity contribution is 0.581. The molecule has 2 aromatic rings. The number of nitrogens with two attached hydrogens (primary N) is 1. The van der Waals surface area contributed by atoms with Gasteiger partial charge in [0, 0.05) is 25.0 Å². The van der Waals surface area contributed by atoms with Gasteiger partial charge in [0.2, 0.25) is 10.0 Å². The van der Waals surface area contributed by atoms with Crippen molar-refractivity contribution in [1.29, 1.82) is 0 Å². The minimum Gasteiger partial charge on any atom is -0.363 e. The summed E-state index contributed by atoms with van der Waals surface area (Å²) in [5, 5.41) is 0. The van der Waals surface area contributed by atoms with Gasteiger partial charge >= 0.3 is 0 Å². The van der Waals surface area contributed by atoms with E-state index >= 15 is 0 Å². The molecule has 0 unspecified atom stereocenters. The van der Waals surface area contributed by atoms with Gasteiger partial charge in [0.15, 0.2) is 0 Å². The Hall–Kier alpha value is -1.70. The molecule has 1 aromatic heterocycles. The topological polar surface area (TPSA) is 88.0 Å². The summed E-state index contributed by atoms with van der Waals surface area (Å²) in [4.78, 5) is 2.93. The Labute approximate surface area is 117 Å². The number of H-pyrrole nitrogens is 1. The number of rotatable bonds is 6. The molecule has 1 aromatic carbocycles. The van der Waals surface area contributed by atoms with E-state index in [0.29, 0.717) is 12.1 Å². The SMILES string of the molecule is NCc1cc(S(=O)(=O)NCCc2cccc(F)c2)c[nH]1. The molecule has 20 heavy (non-hydrogen) atoms. The van der Waals surface area contributed by atoms with Gasteiger partial charge in [0.05, 0.1) is 4.90 Å². The summed E-state index contributed by atoms with van der Waals surface area (Å²) < 4.78 is 39.4. The first-order valence-electron chi connectivity index (χ1n) is 6.13. The summed E-state index contributed by atoms with van der Waals surface area (Å²) >= 11 is 0. The third kappa shape index (κ3) is 3.66. The number of nitrogens with one attached hydrogen (secondary N) is 2. The van der Waals surface area contributed by atoms with Crippen molar-refractivity contribution in [3.8, 4) is 0 Å². The first-order valence-corrected chi connectivity index (χ1v) is 7.61. The highest BCUT2D eigenvalue weighted by atomic mass is 32.2. The number of hydrogen-bond acceptors (Lipinski definition) is 3. The molecular formula is C13H16FN3O2S. The summed E-state index contributed by atoms with van der Waals surface area (Å²) in [5.74, 6) is -0.330. The number of aromatic amines is 1. The molecule has 0 aliphatic heterocycles. The van der Waals surface area contributed by atoms with Gasteiger partial charge in [-0.1, -0.05) is 12.1 Å². The van der Waals surface area contributed by atoms with E-state index in [1.807, 2.05) is 0 Å². The molecule has 108 valence electrons. The van der Waals surface area contributed by atoms with E-state index in [1.54, 1.807) is 12.1 Å². The smallest absolute Gasteiger partial charge is 0.242 e. The second-order valence-electron chi connectivity index (χ2n) is 4.34. The molecule has 0 saturated heterocycles. The highest BCUT2D eigenvalue weighted by Crippen LogP contribution is 2.10. The lowest BCUT2D eigenvalue weighted by Gasteiger charge is -2.05. The van der Waals surface area contributed by atoms with Crippen LogP contribution in [0.15, 0.2) is 41.4 Å². The fourth-order valence-electron chi connectivity index (χ4n) is 1.80. The quantitative estimate of drug-likeness (QED) is 0.747. The molecule has 1 heterocycles. The lowest BCUT2D eigenvalue weighted by atomic mass is 10.1. The average Bonchev–Trinajstić information content (AvgIpc) is 2.88. The Balaban J connectivity index is 1.96. The molecule has 4 N–H and O–H groups in total. The molecule has 0 spiro atoms. The predicted octanol–water partition coefficient (Wildman–Crippen LogP) is 1.13. The zero-order chi connectivity index (χ0) is 14.6. The van der Waals surface area contributed by atoms with Crippen LogP contribution < -0.4 is 10.5 Å². The average molecular weight is 297 g/mol. The fraction of sp³-hybridized carbons (Fsp3) is 0.231. The molecule has 0 radical (unpaired) electrons. The van der Waals surface area contributed by atoms with Crippen molar-refractivity contribution in [3.05, 3.63) is 53.6 Å². The largest absolute Gasteiger partial charge is 0.363 e. The van der Waals surface area contributed by atoms with E-state index in [0.717, 1.165) is 5.56 Å². The Bertz CT molecular complexity index is 682. The van der Waals surface area contributed by atoms with Gasteiger partial charge in [-0.15, -0.1) is 0 Å². The van der Waals surface area contributed by atoms with Gasteiger partial charge in [0.1, 0.15) is 5.82 Å². The Kier molecular flexibility index (Phi) is 4.53. The van der Waals surface area contributed by atoms with Gasteiger partial charge in [-0.25, -0.2) is 17.5 Å². The highest BCUT2D eigenvalue weighted by molar-refractivity contribution is 7.89. The molecule has 0 atom stereocenters. The first-order chi connectivity index (χ1) is 9.51. The van der Waals surface area contributed by atoms with E-state index in [1.165, 1.54) is 24.4 Å². The molecule has 0 aliphatic carbocycles. The van der Waals surface area contributed by atoms with Crippen LogP contribution in [-0.2, 0) is 23.0 Å². The van der Waals surface area contributed by atoms with Crippen molar-refractivity contribution >= 4 is 10.0 Å². The normalized spacial score (nSPS) is 11.7. The van der Waals surface area contributed by atoms with Crippen LogP contribution in [0.5, 0.6) is 0 Å². The van der Waals surface area contributed by atoms with Crippen molar-refractivity contribution < 1.29 is 12.8 Å². The number of hydrogen-bond donors (Lipinski definition) is 3. The molecule has 0 saturated carbocycles. The number of aromatic nitrogens is 1. The summed E-state index contributed by atoms with van der Waals surface area (Å²) in [7, 11) is -3.56. The van der Waals surface area contributed by atoms with Crippen LogP contribution in [0.3, 0.4) is 0 Å². The van der Waals surface area contributed by atoms with Gasteiger partial charge in [-0.3, -0.25) is 0 Å². The van der Waals surface area contributed by atoms with E-state index in [2.05, 4.69) is 9.71 Å². The van der Waals surface area contributed by atoms with Gasteiger partial charge < -0.3 is 10.7 Å². The third-order valence-corrected chi connectivity index (χ3v) is 4.28. The molecule has 0 amide bonds. The zero-order valence-corrected chi connectivity index (χ0v) is 11.6. The summed E-state index contributed by atoms with van der Waals surface area (Å²) in [5.41, 5.74) is 6.80. The van der Waals surface area contributed by atoms with Crippen molar-refractivity contribution in [2.75, 3.05) is 6.54 Å². The van der Waals surface area contributed by atoms with Gasteiger partial charge in [-0.05, 0) is 30.2 Å². The van der Waals surface area contributed by atoms with E-state index in [9.17, 15) is 12.8 Å². The summed E-state index contributed by atoms with van der Waals surface area (Å²) in [6.45, 7) is 0.452. The zero-order valence-electron chi connectivity index (χ0n) is 10.8. The van der Waals surface area contributed by atoms with Crippen molar-refractivity contribution in [3.63, 3.8) is 0 Å². The van der Waals surface area contributed by atoms with Crippen LogP contribution in [0.1, 0.15) is 11.3 Å². The molecule has 0 fully saturated rings. The van der Waals surface area contributed by atoms with Crippen molar-refractivity contribution in [2.24, 2.45) is 5.73 Å². The first kappa shape index (κ1) is 14.7. The molecule has 7 heteroatoms. The van der Waals surface area contributed by atoms with Gasteiger partial charge in [-0.2, -0.15) is 0 Å². The molecule has 0 aliphatic rings. The van der Waals surface area contributed by atoms with Crippen LogP contribution in [0.25, 0.3) is 0 Å². The van der Waals surface area contributed by atoms with E-state index in [4.69, 9.17) is 5.73 Å². The second kappa shape index (κ2) is 6.17. The second-order valence-corrected chi connectivity index (χ2v) is 6.11. The maximum absolute atomic E-state index is 13.0. The highest BCUT2D eigenvalue weighted by Gasteiger charge is 2.15. The van der Waals surface area contributed by atoms with Crippen molar-refractivity contribution in [1.82, 2.24) is 9.71 Å². The van der Waals surface area contributed by atoms with Crippen LogP contribution in [-0.4, -0.2) is 19.9 Å². The maximum atomic E-state index is 13.0. The Morgan fingerprint density at radius 1 is 1.30 bits per heavy atom. The minimum atomic E-state index is -3.56. The fourth-order valence-corrected chi connectivity index (χ4v) is 2.85. The predicted molar refractivity (Wildman–Crippen MR) is 74.0 cm³/mol. The van der Waals surface area contributed by atoms with Crippen LogP contribution in [0.4, 0.5) is 4.39 Å². The standard InChI is InChI=1S/C13H16FN3O2S/c14-11-3-1-2-10(6-11)4-5-17-20(18,19)13-7-12(8-15)16-9-13/h1-3,6-7,9,16-17H,4-5,8,15H2. The summed E-state index contributed by atoms with van der Waals surface area (Å²) in [6.07, 6.45) is 1.82. The van der Waals surface area contributed by atoms with Crippen LogP contribution >= 0.6 is 0 Å². The Morgan fingerprint density at radius 3 is 2.75 bits per heavy atom. The molecule has 0 bridgehead atoms. The van der Waals surface area contributed by atoms with Gasteiger partial charge in [0.25, 0.3) is 0 Å². The van der Waals surface area contributed by atoms with Crippen LogP contribution in [0.2, 0.25) is 0 Å². The Morgan fingerprint density at radius 2 is 2.10 bits per heavy atom. The minimum absolute atomic E-state index is 0.150. The summed E-state index contributed by atoms with van der Waals surface area (Å²) in [6, 6.07) is 7.57. The molecular weight excluding hydrogens is 281 g/mol. The number of sulfonamides is 1. The molecule has 2 rings (SSSR count). The number of halogens is 1. The molecule has 5 nitrogen and oxygen atoms in total. The maximum Gasteiger partial charge on any atom is 0.242 e. The number of benzene rings is 1. The van der Waals surface area contributed by atoms with Crippen molar-refractivity contribution in [2.45, 2.75) is 17.9 Å². The third-order valence-electron chi connectivity index (χ3n) is 2.84. The van der Waals surface area contributed by atoms with E-state index < -0.39 is 10.0 Å².